The molecule has 0 bridgehead atoms. The van der Waals surface area contributed by atoms with Gasteiger partial charge in [0.05, 0.1) is 25.9 Å². The zero-order valence-corrected chi connectivity index (χ0v) is 10.8. The maximum Gasteiger partial charge on any atom is 0.173 e. The smallest absolute Gasteiger partial charge is 0.173 e. The van der Waals surface area contributed by atoms with Gasteiger partial charge < -0.3 is 35.6 Å². The number of aliphatic hydroxyl groups excluding tert-OH is 4. The summed E-state index contributed by atoms with van der Waals surface area (Å²) in [6.07, 6.45) is -1.43. The van der Waals surface area contributed by atoms with Crippen LogP contribution < -0.4 is 5.73 Å². The minimum atomic E-state index is -1.35. The van der Waals surface area contributed by atoms with Crippen molar-refractivity contribution in [2.75, 3.05) is 19.8 Å². The van der Waals surface area contributed by atoms with Crippen LogP contribution in [-0.4, -0.2) is 70.9 Å². The lowest BCUT2D eigenvalue weighted by atomic mass is 9.98. The zero-order chi connectivity index (χ0) is 14.8. The molecule has 0 spiro atoms. The van der Waals surface area contributed by atoms with Gasteiger partial charge in [-0.25, -0.2) is 0 Å². The summed E-state index contributed by atoms with van der Waals surface area (Å²) >= 11 is 0. The molecule has 1 saturated heterocycles. The van der Waals surface area contributed by atoms with Gasteiger partial charge >= 0.3 is 0 Å². The molecule has 7 nitrogen and oxygen atoms in total. The fraction of sp³-hybridized carbons (Fsp3) is 0.667. The van der Waals surface area contributed by atoms with E-state index in [-0.39, 0.29) is 0 Å². The summed E-state index contributed by atoms with van der Waals surface area (Å²) in [6.45, 7) is 7.71. The van der Waals surface area contributed by atoms with E-state index in [4.69, 9.17) is 25.4 Å². The zero-order valence-electron chi connectivity index (χ0n) is 10.8. The lowest BCUT2D eigenvalue weighted by Gasteiger charge is -2.38. The van der Waals surface area contributed by atoms with E-state index >= 15 is 0 Å². The fourth-order valence-corrected chi connectivity index (χ4v) is 1.35. The average Bonchev–Trinajstić information content (AvgIpc) is 2.42. The lowest BCUT2D eigenvalue weighted by molar-refractivity contribution is -0.248. The van der Waals surface area contributed by atoms with Crippen LogP contribution in [0, 0.1) is 0 Å². The lowest BCUT2D eigenvalue weighted by Crippen LogP contribution is -2.61. The Morgan fingerprint density at radius 1 is 1.11 bits per heavy atom. The number of hydrogen-bond donors (Lipinski definition) is 5. The Morgan fingerprint density at radius 3 is 2.05 bits per heavy atom. The summed E-state index contributed by atoms with van der Waals surface area (Å²) in [7, 11) is 0. The van der Waals surface area contributed by atoms with Crippen LogP contribution in [0.25, 0.3) is 0 Å². The molecule has 1 heterocycles. The van der Waals surface area contributed by atoms with E-state index in [1.807, 2.05) is 0 Å². The predicted molar refractivity (Wildman–Crippen MR) is 69.2 cm³/mol. The molecule has 1 unspecified atom stereocenters. The molecule has 5 atom stereocenters. The van der Waals surface area contributed by atoms with E-state index < -0.39 is 37.3 Å². The highest BCUT2D eigenvalue weighted by molar-refractivity contribution is 4.90. The molecule has 1 rings (SSSR count). The summed E-state index contributed by atoms with van der Waals surface area (Å²) in [6, 6.07) is -1.04. The normalized spacial score (nSPS) is 34.1. The monoisotopic (exact) mass is 277 g/mol. The van der Waals surface area contributed by atoms with Gasteiger partial charge in [0.15, 0.2) is 6.29 Å². The molecule has 6 N–H and O–H groups in total. The van der Waals surface area contributed by atoms with Gasteiger partial charge in [0, 0.05) is 0 Å². The van der Waals surface area contributed by atoms with Crippen LogP contribution in [0.4, 0.5) is 0 Å². The first-order chi connectivity index (χ1) is 8.99. The van der Waals surface area contributed by atoms with E-state index in [1.165, 1.54) is 0 Å². The van der Waals surface area contributed by atoms with Gasteiger partial charge in [-0.2, -0.15) is 0 Å². The van der Waals surface area contributed by atoms with Crippen molar-refractivity contribution in [1.82, 2.24) is 0 Å². The van der Waals surface area contributed by atoms with Gasteiger partial charge in [-0.3, -0.25) is 0 Å². The summed E-state index contributed by atoms with van der Waals surface area (Å²) < 4.78 is 9.60. The van der Waals surface area contributed by atoms with Crippen molar-refractivity contribution in [3.8, 4) is 0 Å². The van der Waals surface area contributed by atoms with Crippen LogP contribution in [0.15, 0.2) is 25.3 Å². The van der Waals surface area contributed by atoms with E-state index in [0.29, 0.717) is 13.2 Å². The maximum atomic E-state index is 9.20. The van der Waals surface area contributed by atoms with Crippen molar-refractivity contribution in [1.29, 1.82) is 0 Å². The van der Waals surface area contributed by atoms with Gasteiger partial charge in [0.1, 0.15) is 18.3 Å². The largest absolute Gasteiger partial charge is 0.394 e. The molecule has 112 valence electrons. The molecule has 0 aromatic rings. The number of rotatable bonds is 5. The van der Waals surface area contributed by atoms with E-state index in [0.717, 1.165) is 0 Å². The van der Waals surface area contributed by atoms with Crippen LogP contribution in [0.3, 0.4) is 0 Å². The van der Waals surface area contributed by atoms with Crippen LogP contribution in [0.1, 0.15) is 0 Å². The Hall–Kier alpha value is -0.800. The second-order valence-electron chi connectivity index (χ2n) is 3.92. The molecule has 0 radical (unpaired) electrons. The summed E-state index contributed by atoms with van der Waals surface area (Å²) in [5, 5.41) is 36.1. The van der Waals surface area contributed by atoms with Crippen LogP contribution >= 0.6 is 0 Å². The van der Waals surface area contributed by atoms with Gasteiger partial charge in [-0.1, -0.05) is 12.2 Å². The van der Waals surface area contributed by atoms with Crippen molar-refractivity contribution in [2.45, 2.75) is 30.6 Å². The van der Waals surface area contributed by atoms with Crippen LogP contribution in [0.5, 0.6) is 0 Å². The van der Waals surface area contributed by atoms with Crippen molar-refractivity contribution in [3.05, 3.63) is 25.3 Å². The SMILES string of the molecule is C=CCOCC=C.N[C@H]1C(O)O[C@H](CO)[C@@H](O)[C@@H]1O. The standard InChI is InChI=1S/C6H13NO5.C6H10O/c7-3-5(10)4(9)2(1-8)12-6(3)11;1-3-5-7-6-4-2/h2-6,8-11H,1,7H2;3-4H,1-2,5-6H2/t2-,3-,4-,5-,6?;/m1./s1. The van der Waals surface area contributed by atoms with E-state index in [2.05, 4.69) is 13.2 Å². The topological polar surface area (TPSA) is 125 Å². The Balaban J connectivity index is 0.000000399. The molecule has 1 fully saturated rings. The molecular weight excluding hydrogens is 254 g/mol. The fourth-order valence-electron chi connectivity index (χ4n) is 1.35. The molecule has 7 heteroatoms. The van der Waals surface area contributed by atoms with Crippen LogP contribution in [-0.2, 0) is 9.47 Å². The van der Waals surface area contributed by atoms with Gasteiger partial charge in [-0.05, 0) is 0 Å². The number of ether oxygens (including phenoxy) is 2. The summed E-state index contributed by atoms with van der Waals surface area (Å²) in [5.74, 6) is 0. The van der Waals surface area contributed by atoms with Crippen molar-refractivity contribution in [2.24, 2.45) is 5.73 Å². The Kier molecular flexibility index (Phi) is 9.62. The highest BCUT2D eigenvalue weighted by atomic mass is 16.6. The third-order valence-corrected chi connectivity index (χ3v) is 2.42. The first-order valence-corrected chi connectivity index (χ1v) is 5.85. The average molecular weight is 277 g/mol. The molecule has 19 heavy (non-hydrogen) atoms. The van der Waals surface area contributed by atoms with Gasteiger partial charge in [0.2, 0.25) is 0 Å². The first-order valence-electron chi connectivity index (χ1n) is 5.85. The molecule has 0 aliphatic carbocycles. The summed E-state index contributed by atoms with van der Waals surface area (Å²) in [5.41, 5.74) is 5.26. The Labute approximate surface area is 112 Å². The molecule has 1 aliphatic heterocycles. The van der Waals surface area contributed by atoms with Crippen molar-refractivity contribution >= 4 is 0 Å². The predicted octanol–water partition coefficient (Wildman–Crippen LogP) is -1.88. The minimum Gasteiger partial charge on any atom is -0.394 e. The van der Waals surface area contributed by atoms with Gasteiger partial charge in [-0.15, -0.1) is 13.2 Å². The number of nitrogens with two attached hydrogens (primary N) is 1. The van der Waals surface area contributed by atoms with Crippen LogP contribution in [0.2, 0.25) is 0 Å². The Bertz CT molecular complexity index is 250. The summed E-state index contributed by atoms with van der Waals surface area (Å²) in [4.78, 5) is 0. The molecular formula is C12H23NO6. The molecule has 1 aliphatic rings. The number of hydrogen-bond acceptors (Lipinski definition) is 7. The third-order valence-electron chi connectivity index (χ3n) is 2.42. The first kappa shape index (κ1) is 18.2. The minimum absolute atomic E-state index is 0.470. The van der Waals surface area contributed by atoms with Crippen molar-refractivity contribution in [3.63, 3.8) is 0 Å². The van der Waals surface area contributed by atoms with Crippen molar-refractivity contribution < 1.29 is 29.9 Å². The third kappa shape index (κ3) is 6.26. The highest BCUT2D eigenvalue weighted by Crippen LogP contribution is 2.17. The highest BCUT2D eigenvalue weighted by Gasteiger charge is 2.41. The maximum absolute atomic E-state index is 9.20. The molecule has 0 saturated carbocycles. The van der Waals surface area contributed by atoms with E-state index in [9.17, 15) is 10.2 Å². The van der Waals surface area contributed by atoms with Gasteiger partial charge in [0.25, 0.3) is 0 Å². The number of aliphatic hydroxyl groups is 4. The second kappa shape index (κ2) is 10.0. The molecule has 0 amide bonds. The van der Waals surface area contributed by atoms with E-state index in [1.54, 1.807) is 12.2 Å². The molecule has 0 aromatic carbocycles. The Morgan fingerprint density at radius 2 is 1.63 bits per heavy atom. The quantitative estimate of drug-likeness (QED) is 0.294. The second-order valence-corrected chi connectivity index (χ2v) is 3.92. The molecule has 0 aromatic heterocycles.